The third-order valence-corrected chi connectivity index (χ3v) is 5.04. The fourth-order valence-electron chi connectivity index (χ4n) is 3.39. The number of hydrogen-bond donors (Lipinski definition) is 2. The molecule has 0 spiro atoms. The lowest BCUT2D eigenvalue weighted by Gasteiger charge is -2.28. The van der Waals surface area contributed by atoms with Crippen LogP contribution < -0.4 is 25.0 Å². The molecule has 0 radical (unpaired) electrons. The summed E-state index contributed by atoms with van der Waals surface area (Å²) in [6.07, 6.45) is 3.63. The number of aromatic nitrogens is 3. The van der Waals surface area contributed by atoms with Gasteiger partial charge in [0.15, 0.2) is 11.5 Å². The summed E-state index contributed by atoms with van der Waals surface area (Å²) in [6.45, 7) is 4.51. The summed E-state index contributed by atoms with van der Waals surface area (Å²) in [5, 5.41) is 6.63. The van der Waals surface area contributed by atoms with E-state index in [0.717, 1.165) is 48.8 Å². The van der Waals surface area contributed by atoms with Crippen LogP contribution in [0.25, 0.3) is 11.3 Å². The molecule has 3 aromatic rings. The molecule has 8 heteroatoms. The third kappa shape index (κ3) is 4.60. The molecule has 0 atom stereocenters. The first-order chi connectivity index (χ1) is 14.8. The van der Waals surface area contributed by atoms with E-state index >= 15 is 0 Å². The molecular weight excluding hydrogens is 380 g/mol. The van der Waals surface area contributed by atoms with Gasteiger partial charge in [0.05, 0.1) is 19.9 Å². The van der Waals surface area contributed by atoms with Crippen molar-refractivity contribution in [3.05, 3.63) is 54.4 Å². The summed E-state index contributed by atoms with van der Waals surface area (Å²) in [7, 11) is 3.25. The van der Waals surface area contributed by atoms with Gasteiger partial charge in [-0.1, -0.05) is 6.07 Å². The molecule has 3 heterocycles. The molecule has 1 aromatic carbocycles. The lowest BCUT2D eigenvalue weighted by molar-refractivity contribution is 0.354. The molecule has 0 saturated carbocycles. The number of nitrogens with one attached hydrogen (secondary N) is 2. The lowest BCUT2D eigenvalue weighted by atomic mass is 10.2. The maximum absolute atomic E-state index is 5.36. The minimum absolute atomic E-state index is 0.563. The highest BCUT2D eigenvalue weighted by molar-refractivity contribution is 5.61. The molecule has 0 bridgehead atoms. The van der Waals surface area contributed by atoms with Crippen LogP contribution in [0.5, 0.6) is 11.5 Å². The minimum Gasteiger partial charge on any atom is -0.493 e. The Kier molecular flexibility index (Phi) is 6.24. The first-order valence-electron chi connectivity index (χ1n) is 9.97. The summed E-state index contributed by atoms with van der Waals surface area (Å²) in [5.41, 5.74) is 2.84. The van der Waals surface area contributed by atoms with Crippen LogP contribution in [0.1, 0.15) is 5.56 Å². The van der Waals surface area contributed by atoms with Gasteiger partial charge in [-0.15, -0.1) is 0 Å². The van der Waals surface area contributed by atoms with E-state index in [0.29, 0.717) is 24.0 Å². The van der Waals surface area contributed by atoms with Crippen LogP contribution in [0.2, 0.25) is 0 Å². The fourth-order valence-corrected chi connectivity index (χ4v) is 3.39. The summed E-state index contributed by atoms with van der Waals surface area (Å²) in [4.78, 5) is 15.9. The largest absolute Gasteiger partial charge is 0.493 e. The summed E-state index contributed by atoms with van der Waals surface area (Å²) >= 11 is 0. The molecule has 1 fully saturated rings. The van der Waals surface area contributed by atoms with Crippen LogP contribution in [0.15, 0.2) is 48.8 Å². The second kappa shape index (κ2) is 9.41. The van der Waals surface area contributed by atoms with Crippen molar-refractivity contribution in [3.63, 3.8) is 0 Å². The Labute approximate surface area is 176 Å². The van der Waals surface area contributed by atoms with E-state index in [2.05, 4.69) is 42.6 Å². The Morgan fingerprint density at radius 1 is 1.00 bits per heavy atom. The Bertz CT molecular complexity index is 974. The number of pyridine rings is 1. The van der Waals surface area contributed by atoms with Crippen molar-refractivity contribution in [2.75, 3.05) is 50.6 Å². The standard InChI is InChI=1S/C22H26N6O2/c1-29-19-5-3-16(13-20(19)30-2)14-26-22-24-8-7-18(27-22)17-4-6-21(25-15-17)28-11-9-23-10-12-28/h3-8,13,15,23H,9-12,14H2,1-2H3,(H,24,26,27). The third-order valence-electron chi connectivity index (χ3n) is 5.04. The quantitative estimate of drug-likeness (QED) is 0.619. The number of rotatable bonds is 7. The molecule has 2 aromatic heterocycles. The van der Waals surface area contributed by atoms with E-state index in [4.69, 9.17) is 9.47 Å². The maximum Gasteiger partial charge on any atom is 0.223 e. The summed E-state index contributed by atoms with van der Waals surface area (Å²) < 4.78 is 10.6. The molecule has 0 aliphatic carbocycles. The average molecular weight is 406 g/mol. The molecule has 30 heavy (non-hydrogen) atoms. The van der Waals surface area contributed by atoms with Gasteiger partial charge in [0, 0.05) is 50.7 Å². The summed E-state index contributed by atoms with van der Waals surface area (Å²) in [5.74, 6) is 2.97. The molecule has 1 aliphatic heterocycles. The van der Waals surface area contributed by atoms with Crippen molar-refractivity contribution in [3.8, 4) is 22.8 Å². The van der Waals surface area contributed by atoms with Gasteiger partial charge >= 0.3 is 0 Å². The van der Waals surface area contributed by atoms with Crippen molar-refractivity contribution in [1.82, 2.24) is 20.3 Å². The van der Waals surface area contributed by atoms with Crippen molar-refractivity contribution in [2.24, 2.45) is 0 Å². The molecule has 156 valence electrons. The zero-order chi connectivity index (χ0) is 20.8. The second-order valence-corrected chi connectivity index (χ2v) is 6.95. The Hall–Kier alpha value is -3.39. The van der Waals surface area contributed by atoms with Crippen LogP contribution >= 0.6 is 0 Å². The molecule has 0 unspecified atom stereocenters. The SMILES string of the molecule is COc1ccc(CNc2nccc(-c3ccc(N4CCNCC4)nc3)n2)cc1OC. The molecule has 0 amide bonds. The maximum atomic E-state index is 5.36. The fraction of sp³-hybridized carbons (Fsp3) is 0.318. The lowest BCUT2D eigenvalue weighted by Crippen LogP contribution is -2.43. The van der Waals surface area contributed by atoms with E-state index in [1.807, 2.05) is 30.5 Å². The topological polar surface area (TPSA) is 84.4 Å². The Balaban J connectivity index is 1.44. The highest BCUT2D eigenvalue weighted by Crippen LogP contribution is 2.28. The van der Waals surface area contributed by atoms with Crippen LogP contribution in [-0.4, -0.2) is 55.4 Å². The van der Waals surface area contributed by atoms with Crippen LogP contribution in [0.4, 0.5) is 11.8 Å². The predicted molar refractivity (Wildman–Crippen MR) is 117 cm³/mol. The number of benzene rings is 1. The van der Waals surface area contributed by atoms with Crippen molar-refractivity contribution in [2.45, 2.75) is 6.54 Å². The average Bonchev–Trinajstić information content (AvgIpc) is 2.83. The monoisotopic (exact) mass is 406 g/mol. The van der Waals surface area contributed by atoms with E-state index in [1.165, 1.54) is 0 Å². The van der Waals surface area contributed by atoms with Gasteiger partial charge in [0.2, 0.25) is 5.95 Å². The summed E-state index contributed by atoms with van der Waals surface area (Å²) in [6, 6.07) is 11.8. The van der Waals surface area contributed by atoms with Gasteiger partial charge in [0.1, 0.15) is 5.82 Å². The highest BCUT2D eigenvalue weighted by atomic mass is 16.5. The zero-order valence-corrected chi connectivity index (χ0v) is 17.3. The van der Waals surface area contributed by atoms with Crippen LogP contribution in [0, 0.1) is 0 Å². The molecule has 1 saturated heterocycles. The number of nitrogens with zero attached hydrogens (tertiary/aromatic N) is 4. The predicted octanol–water partition coefficient (Wildman–Crippen LogP) is 2.58. The highest BCUT2D eigenvalue weighted by Gasteiger charge is 2.12. The van der Waals surface area contributed by atoms with Crippen LogP contribution in [-0.2, 0) is 6.54 Å². The first-order valence-corrected chi connectivity index (χ1v) is 9.97. The molecule has 4 rings (SSSR count). The number of methoxy groups -OCH3 is 2. The normalized spacial score (nSPS) is 13.7. The smallest absolute Gasteiger partial charge is 0.223 e. The van der Waals surface area contributed by atoms with Gasteiger partial charge in [0.25, 0.3) is 0 Å². The van der Waals surface area contributed by atoms with Gasteiger partial charge in [-0.05, 0) is 35.9 Å². The number of hydrogen-bond acceptors (Lipinski definition) is 8. The second-order valence-electron chi connectivity index (χ2n) is 6.95. The van der Waals surface area contributed by atoms with Gasteiger partial charge in [-0.25, -0.2) is 15.0 Å². The number of piperazine rings is 1. The Morgan fingerprint density at radius 3 is 2.57 bits per heavy atom. The van der Waals surface area contributed by atoms with Gasteiger partial charge in [-0.2, -0.15) is 0 Å². The van der Waals surface area contributed by atoms with Crippen LogP contribution in [0.3, 0.4) is 0 Å². The van der Waals surface area contributed by atoms with E-state index in [1.54, 1.807) is 20.4 Å². The van der Waals surface area contributed by atoms with Crippen molar-refractivity contribution < 1.29 is 9.47 Å². The molecular formula is C22H26N6O2. The van der Waals surface area contributed by atoms with Gasteiger partial charge in [-0.3, -0.25) is 0 Å². The van der Waals surface area contributed by atoms with Crippen molar-refractivity contribution in [1.29, 1.82) is 0 Å². The Morgan fingerprint density at radius 2 is 1.83 bits per heavy atom. The van der Waals surface area contributed by atoms with Crippen molar-refractivity contribution >= 4 is 11.8 Å². The molecule has 2 N–H and O–H groups in total. The van der Waals surface area contributed by atoms with E-state index < -0.39 is 0 Å². The minimum atomic E-state index is 0.563. The first kappa shape index (κ1) is 19.9. The van der Waals surface area contributed by atoms with E-state index in [9.17, 15) is 0 Å². The van der Waals surface area contributed by atoms with Gasteiger partial charge < -0.3 is 25.0 Å². The number of anilines is 2. The molecule has 8 nitrogen and oxygen atoms in total. The number of ether oxygens (including phenoxy) is 2. The zero-order valence-electron chi connectivity index (χ0n) is 17.3. The molecule has 1 aliphatic rings. The van der Waals surface area contributed by atoms with E-state index in [-0.39, 0.29) is 0 Å².